The summed E-state index contributed by atoms with van der Waals surface area (Å²) in [5.74, 6) is 0.877. The van der Waals surface area contributed by atoms with E-state index in [0.29, 0.717) is 6.04 Å². The summed E-state index contributed by atoms with van der Waals surface area (Å²) in [6, 6.07) is 0.312. The molecule has 74 valence electrons. The molecular weight excluding hydrogens is 164 g/mol. The summed E-state index contributed by atoms with van der Waals surface area (Å²) in [5.41, 5.74) is 0. The molecule has 1 aromatic heterocycles. The van der Waals surface area contributed by atoms with Crippen LogP contribution in [0.5, 0.6) is 0 Å². The lowest BCUT2D eigenvalue weighted by Crippen LogP contribution is -2.05. The van der Waals surface area contributed by atoms with Crippen LogP contribution in [0.15, 0.2) is 0 Å². The van der Waals surface area contributed by atoms with Crippen LogP contribution in [0.4, 0.5) is 0 Å². The maximum atomic E-state index is 4.28. The molecule has 13 heavy (non-hydrogen) atoms. The minimum atomic E-state index is 0.312. The van der Waals surface area contributed by atoms with Crippen molar-refractivity contribution in [2.45, 2.75) is 52.5 Å². The Hall–Kier alpha value is -0.930. The van der Waals surface area contributed by atoms with Crippen LogP contribution in [0.2, 0.25) is 0 Å². The lowest BCUT2D eigenvalue weighted by molar-refractivity contribution is 0.453. The highest BCUT2D eigenvalue weighted by molar-refractivity contribution is 4.76. The van der Waals surface area contributed by atoms with Crippen LogP contribution >= 0.6 is 0 Å². The molecule has 0 amide bonds. The highest BCUT2D eigenvalue weighted by Crippen LogP contribution is 2.02. The van der Waals surface area contributed by atoms with Gasteiger partial charge in [-0.1, -0.05) is 19.8 Å². The van der Waals surface area contributed by atoms with Gasteiger partial charge in [-0.05, 0) is 25.5 Å². The van der Waals surface area contributed by atoms with E-state index in [1.54, 1.807) is 4.80 Å². The molecule has 1 rings (SSSR count). The van der Waals surface area contributed by atoms with Crippen LogP contribution < -0.4 is 0 Å². The Morgan fingerprint density at radius 2 is 2.08 bits per heavy atom. The van der Waals surface area contributed by atoms with Crippen LogP contribution in [-0.4, -0.2) is 20.2 Å². The standard InChI is InChI=1S/C9H18N4/c1-4-5-6-7-9-10-12-13(11-9)8(2)3/h8H,4-7H2,1-3H3. The second-order valence-corrected chi connectivity index (χ2v) is 3.58. The molecular formula is C9H18N4. The van der Waals surface area contributed by atoms with Crippen molar-refractivity contribution in [1.82, 2.24) is 20.2 Å². The van der Waals surface area contributed by atoms with E-state index in [9.17, 15) is 0 Å². The molecule has 0 aliphatic heterocycles. The van der Waals surface area contributed by atoms with Gasteiger partial charge in [0.05, 0.1) is 6.04 Å². The quantitative estimate of drug-likeness (QED) is 0.654. The molecule has 0 saturated heterocycles. The second kappa shape index (κ2) is 4.94. The minimum Gasteiger partial charge on any atom is -0.162 e. The number of hydrogen-bond acceptors (Lipinski definition) is 3. The predicted molar refractivity (Wildman–Crippen MR) is 51.4 cm³/mol. The van der Waals surface area contributed by atoms with Gasteiger partial charge in [0.15, 0.2) is 5.82 Å². The molecule has 0 aromatic carbocycles. The van der Waals surface area contributed by atoms with Crippen LogP contribution in [0.3, 0.4) is 0 Å². The lowest BCUT2D eigenvalue weighted by Gasteiger charge is -1.98. The Morgan fingerprint density at radius 1 is 1.31 bits per heavy atom. The number of unbranched alkanes of at least 4 members (excludes halogenated alkanes) is 2. The Morgan fingerprint density at radius 3 is 2.62 bits per heavy atom. The minimum absolute atomic E-state index is 0.312. The van der Waals surface area contributed by atoms with Crippen LogP contribution in [0.25, 0.3) is 0 Å². The Bertz CT molecular complexity index is 242. The van der Waals surface area contributed by atoms with E-state index in [2.05, 4.69) is 36.2 Å². The normalized spacial score (nSPS) is 11.1. The van der Waals surface area contributed by atoms with Crippen molar-refractivity contribution in [3.05, 3.63) is 5.82 Å². The highest BCUT2D eigenvalue weighted by Gasteiger charge is 2.04. The van der Waals surface area contributed by atoms with E-state index in [-0.39, 0.29) is 0 Å². The molecule has 0 aliphatic rings. The predicted octanol–water partition coefficient (Wildman–Crippen LogP) is 1.99. The van der Waals surface area contributed by atoms with Crippen LogP contribution in [0, 0.1) is 0 Å². The molecule has 1 heterocycles. The zero-order chi connectivity index (χ0) is 9.68. The average molecular weight is 182 g/mol. The fourth-order valence-corrected chi connectivity index (χ4v) is 1.11. The summed E-state index contributed by atoms with van der Waals surface area (Å²) in [4.78, 5) is 1.67. The summed E-state index contributed by atoms with van der Waals surface area (Å²) < 4.78 is 0. The van der Waals surface area contributed by atoms with Crippen molar-refractivity contribution in [2.75, 3.05) is 0 Å². The van der Waals surface area contributed by atoms with Gasteiger partial charge in [0.1, 0.15) is 0 Å². The summed E-state index contributed by atoms with van der Waals surface area (Å²) in [6.07, 6.45) is 4.61. The Kier molecular flexibility index (Phi) is 3.86. The SMILES string of the molecule is CCCCCc1nnn(C(C)C)n1. The van der Waals surface area contributed by atoms with Gasteiger partial charge in [-0.3, -0.25) is 0 Å². The number of hydrogen-bond donors (Lipinski definition) is 0. The first kappa shape index (κ1) is 10.2. The van der Waals surface area contributed by atoms with Crippen molar-refractivity contribution in [2.24, 2.45) is 0 Å². The largest absolute Gasteiger partial charge is 0.174 e. The Balaban J connectivity index is 2.40. The molecule has 0 atom stereocenters. The second-order valence-electron chi connectivity index (χ2n) is 3.58. The van der Waals surface area contributed by atoms with Gasteiger partial charge < -0.3 is 0 Å². The third-order valence-corrected chi connectivity index (χ3v) is 1.94. The van der Waals surface area contributed by atoms with Gasteiger partial charge in [-0.2, -0.15) is 4.80 Å². The van der Waals surface area contributed by atoms with Gasteiger partial charge in [-0.25, -0.2) is 0 Å². The van der Waals surface area contributed by atoms with Gasteiger partial charge in [0, 0.05) is 6.42 Å². The Labute approximate surface area is 79.3 Å². The van der Waals surface area contributed by atoms with Crippen molar-refractivity contribution in [1.29, 1.82) is 0 Å². The smallest absolute Gasteiger partial charge is 0.162 e. The number of tetrazole rings is 1. The highest BCUT2D eigenvalue weighted by atomic mass is 15.6. The van der Waals surface area contributed by atoms with E-state index in [4.69, 9.17) is 0 Å². The van der Waals surface area contributed by atoms with E-state index < -0.39 is 0 Å². The number of rotatable bonds is 5. The average Bonchev–Trinajstić information content (AvgIpc) is 2.53. The number of aromatic nitrogens is 4. The van der Waals surface area contributed by atoms with Crippen molar-refractivity contribution < 1.29 is 0 Å². The topological polar surface area (TPSA) is 43.6 Å². The number of aryl methyl sites for hydroxylation is 1. The first-order chi connectivity index (χ1) is 6.24. The monoisotopic (exact) mass is 182 g/mol. The first-order valence-electron chi connectivity index (χ1n) is 5.02. The van der Waals surface area contributed by atoms with Gasteiger partial charge in [0.25, 0.3) is 0 Å². The molecule has 4 heteroatoms. The van der Waals surface area contributed by atoms with Gasteiger partial charge in [-0.15, -0.1) is 10.2 Å². The maximum absolute atomic E-state index is 4.28. The molecule has 0 fully saturated rings. The molecule has 1 aromatic rings. The van der Waals surface area contributed by atoms with Crippen LogP contribution in [0.1, 0.15) is 51.9 Å². The van der Waals surface area contributed by atoms with Gasteiger partial charge in [0.2, 0.25) is 0 Å². The molecule has 0 unspecified atom stereocenters. The van der Waals surface area contributed by atoms with Crippen molar-refractivity contribution in [3.8, 4) is 0 Å². The molecule has 4 nitrogen and oxygen atoms in total. The summed E-state index contributed by atoms with van der Waals surface area (Å²) in [7, 11) is 0. The fraction of sp³-hybridized carbons (Fsp3) is 0.889. The number of nitrogens with zero attached hydrogens (tertiary/aromatic N) is 4. The van der Waals surface area contributed by atoms with Crippen molar-refractivity contribution in [3.63, 3.8) is 0 Å². The molecule has 0 radical (unpaired) electrons. The molecule has 0 N–H and O–H groups in total. The molecule has 0 saturated carbocycles. The summed E-state index contributed by atoms with van der Waals surface area (Å²) >= 11 is 0. The molecule has 0 spiro atoms. The lowest BCUT2D eigenvalue weighted by atomic mass is 10.2. The zero-order valence-electron chi connectivity index (χ0n) is 8.69. The fourth-order valence-electron chi connectivity index (χ4n) is 1.11. The third kappa shape index (κ3) is 3.13. The summed E-state index contributed by atoms with van der Waals surface area (Å²) in [6.45, 7) is 6.30. The molecule has 0 bridgehead atoms. The van der Waals surface area contributed by atoms with E-state index in [0.717, 1.165) is 12.2 Å². The van der Waals surface area contributed by atoms with Crippen LogP contribution in [-0.2, 0) is 6.42 Å². The first-order valence-corrected chi connectivity index (χ1v) is 5.02. The van der Waals surface area contributed by atoms with E-state index in [1.165, 1.54) is 19.3 Å². The van der Waals surface area contributed by atoms with Crippen molar-refractivity contribution >= 4 is 0 Å². The molecule has 0 aliphatic carbocycles. The summed E-state index contributed by atoms with van der Waals surface area (Å²) in [5, 5.41) is 12.2. The third-order valence-electron chi connectivity index (χ3n) is 1.94. The maximum Gasteiger partial charge on any atom is 0.174 e. The zero-order valence-corrected chi connectivity index (χ0v) is 8.69. The van der Waals surface area contributed by atoms with Gasteiger partial charge >= 0.3 is 0 Å². The van der Waals surface area contributed by atoms with E-state index in [1.807, 2.05) is 0 Å². The van der Waals surface area contributed by atoms with E-state index >= 15 is 0 Å².